The van der Waals surface area contributed by atoms with Crippen molar-refractivity contribution in [2.75, 3.05) is 0 Å². The molecule has 186 valence electrons. The van der Waals surface area contributed by atoms with E-state index in [0.29, 0.717) is 22.6 Å². The van der Waals surface area contributed by atoms with Gasteiger partial charge in [-0.3, -0.25) is 0 Å². The summed E-state index contributed by atoms with van der Waals surface area (Å²) in [6.07, 6.45) is 0. The maximum Gasteiger partial charge on any atom is 1.00 e. The third-order valence-corrected chi connectivity index (χ3v) is 14.2. The third-order valence-electron chi connectivity index (χ3n) is 7.19. The van der Waals surface area contributed by atoms with Crippen molar-refractivity contribution >= 4 is 37.8 Å². The van der Waals surface area contributed by atoms with Crippen LogP contribution in [0, 0.1) is 13.8 Å². The first-order valence-electron chi connectivity index (χ1n) is 12.5. The summed E-state index contributed by atoms with van der Waals surface area (Å²) in [4.78, 5) is 0. The molecule has 0 aliphatic carbocycles. The normalized spacial score (nSPS) is 14.7. The first-order valence-corrected chi connectivity index (χ1v) is 15.8. The van der Waals surface area contributed by atoms with E-state index in [4.69, 9.17) is 5.32 Å². The smallest absolute Gasteiger partial charge is 0.651 e. The van der Waals surface area contributed by atoms with E-state index in [1.54, 1.807) is 10.6 Å². The van der Waals surface area contributed by atoms with Crippen LogP contribution < -0.4 is 10.6 Å². The summed E-state index contributed by atoms with van der Waals surface area (Å²) < 4.78 is 0. The Morgan fingerprint density at radius 3 is 1.18 bits per heavy atom. The molecular formula is C29H46CuNP2+2. The fourth-order valence-corrected chi connectivity index (χ4v) is 12.9. The molecule has 33 heavy (non-hydrogen) atoms. The second-order valence-electron chi connectivity index (χ2n) is 11.7. The van der Waals surface area contributed by atoms with Gasteiger partial charge in [0.1, 0.15) is 0 Å². The Hall–Kier alpha value is -0.381. The molecule has 0 unspecified atom stereocenters. The molecule has 3 rings (SSSR count). The van der Waals surface area contributed by atoms with Crippen molar-refractivity contribution in [2.45, 2.75) is 111 Å². The number of hydrogen-bond donors (Lipinski definition) is 0. The van der Waals surface area contributed by atoms with E-state index < -0.39 is 15.8 Å². The minimum atomic E-state index is -0.728. The van der Waals surface area contributed by atoms with Crippen LogP contribution in [0.2, 0.25) is 0 Å². The number of nitrogens with zero attached hydrogens (tertiary/aromatic N) is 1. The molecule has 2 aromatic carbocycles. The average Bonchev–Trinajstić information content (AvgIpc) is 2.62. The molecule has 0 fully saturated rings. The van der Waals surface area contributed by atoms with E-state index in [1.165, 1.54) is 33.6 Å². The van der Waals surface area contributed by atoms with E-state index in [0.717, 1.165) is 0 Å². The standard InChI is InChI=1S/C29H44NP2.Cu/c1-17(2)31(18(3)4)25-15-21(9)13-23-27(25)30-28-24(29(23,11)12)14-22(10)16-26(28)32(19(5)6)20(7)8;/h13-20H,1-12H3;/q-1;+1/p+2. The quantitative estimate of drug-likeness (QED) is 0.261. The molecule has 0 amide bonds. The number of aryl methyl sites for hydroxylation is 2. The van der Waals surface area contributed by atoms with Crippen molar-refractivity contribution in [2.24, 2.45) is 0 Å². The Morgan fingerprint density at radius 2 is 0.909 bits per heavy atom. The number of hydrogen-bond acceptors (Lipinski definition) is 0. The zero-order chi connectivity index (χ0) is 24.1. The summed E-state index contributed by atoms with van der Waals surface area (Å²) in [5, 5.41) is 8.73. The van der Waals surface area contributed by atoms with Crippen LogP contribution in [-0.2, 0) is 22.5 Å². The topological polar surface area (TPSA) is 14.1 Å². The van der Waals surface area contributed by atoms with Crippen molar-refractivity contribution in [1.82, 2.24) is 0 Å². The van der Waals surface area contributed by atoms with Gasteiger partial charge in [0.25, 0.3) is 0 Å². The molecule has 4 heteroatoms. The molecule has 0 spiro atoms. The van der Waals surface area contributed by atoms with Crippen LogP contribution in [0.1, 0.15) is 91.5 Å². The van der Waals surface area contributed by atoms with Gasteiger partial charge in [-0.25, -0.2) is 0 Å². The van der Waals surface area contributed by atoms with Crippen molar-refractivity contribution < 1.29 is 17.1 Å². The van der Waals surface area contributed by atoms with Gasteiger partial charge in [0.2, 0.25) is 0 Å². The van der Waals surface area contributed by atoms with Gasteiger partial charge in [0, 0.05) is 21.3 Å². The van der Waals surface area contributed by atoms with Gasteiger partial charge >= 0.3 is 17.1 Å². The molecule has 0 atom stereocenters. The van der Waals surface area contributed by atoms with Crippen LogP contribution in [0.3, 0.4) is 0 Å². The minimum Gasteiger partial charge on any atom is -0.651 e. The number of benzene rings is 2. The largest absolute Gasteiger partial charge is 1.00 e. The predicted molar refractivity (Wildman–Crippen MR) is 154 cm³/mol. The van der Waals surface area contributed by atoms with E-state index in [-0.39, 0.29) is 22.5 Å². The molecule has 2 aromatic rings. The maximum atomic E-state index is 5.61. The van der Waals surface area contributed by atoms with Gasteiger partial charge in [-0.2, -0.15) is 0 Å². The monoisotopic (exact) mass is 533 g/mol. The summed E-state index contributed by atoms with van der Waals surface area (Å²) >= 11 is 0. The van der Waals surface area contributed by atoms with E-state index in [9.17, 15) is 0 Å². The Bertz CT molecular complexity index is 898. The Kier molecular flexibility index (Phi) is 9.36. The van der Waals surface area contributed by atoms with Gasteiger partial charge < -0.3 is 5.32 Å². The summed E-state index contributed by atoms with van der Waals surface area (Å²) in [7, 11) is -1.46. The Labute approximate surface area is 217 Å². The molecule has 1 aliphatic heterocycles. The van der Waals surface area contributed by atoms with Gasteiger partial charge in [-0.05, 0) is 104 Å². The van der Waals surface area contributed by atoms with Crippen LogP contribution >= 0.6 is 15.8 Å². The molecule has 0 aromatic heterocycles. The van der Waals surface area contributed by atoms with Crippen molar-refractivity contribution in [3.63, 3.8) is 0 Å². The van der Waals surface area contributed by atoms with Crippen LogP contribution in [0.5, 0.6) is 0 Å². The van der Waals surface area contributed by atoms with Crippen LogP contribution in [0.15, 0.2) is 24.3 Å². The number of fused-ring (bicyclic) bond motifs is 2. The first-order chi connectivity index (χ1) is 14.8. The summed E-state index contributed by atoms with van der Waals surface area (Å²) in [5.74, 6) is 0. The molecule has 0 N–H and O–H groups in total. The SMILES string of the molecule is Cc1cc([PH+](C(C)C)C(C)C)c2c(c1)C(C)(C)c1cc(C)cc([PH+](C(C)C)C(C)C)c1[N-]2.[Cu+]. The van der Waals surface area contributed by atoms with Crippen molar-refractivity contribution in [3.05, 3.63) is 51.8 Å². The van der Waals surface area contributed by atoms with Crippen LogP contribution in [-0.4, -0.2) is 22.6 Å². The summed E-state index contributed by atoms with van der Waals surface area (Å²) in [6.45, 7) is 28.7. The van der Waals surface area contributed by atoms with Gasteiger partial charge in [-0.1, -0.05) is 37.4 Å². The van der Waals surface area contributed by atoms with E-state index in [2.05, 4.69) is 107 Å². The average molecular weight is 534 g/mol. The third kappa shape index (κ3) is 5.41. The second-order valence-corrected chi connectivity index (χ2v) is 19.2. The predicted octanol–water partition coefficient (Wildman–Crippen LogP) is 8.59. The summed E-state index contributed by atoms with van der Waals surface area (Å²) in [6, 6.07) is 9.79. The zero-order valence-corrected chi connectivity index (χ0v) is 25.8. The molecule has 1 heterocycles. The number of rotatable bonds is 6. The second kappa shape index (κ2) is 10.7. The molecule has 0 bridgehead atoms. The molecule has 0 radical (unpaired) electrons. The molecular weight excluding hydrogens is 488 g/mol. The molecule has 1 nitrogen and oxygen atoms in total. The minimum absolute atomic E-state index is 0. The van der Waals surface area contributed by atoms with Gasteiger partial charge in [0.15, 0.2) is 0 Å². The van der Waals surface area contributed by atoms with Crippen molar-refractivity contribution in [1.29, 1.82) is 0 Å². The molecule has 0 saturated carbocycles. The first kappa shape index (κ1) is 28.9. The van der Waals surface area contributed by atoms with E-state index in [1.807, 2.05) is 0 Å². The summed E-state index contributed by atoms with van der Waals surface area (Å²) in [5.41, 5.74) is 11.0. The Balaban J connectivity index is 0.00000385. The maximum absolute atomic E-state index is 5.61. The van der Waals surface area contributed by atoms with Gasteiger partial charge in [-0.15, -0.1) is 0 Å². The van der Waals surface area contributed by atoms with Gasteiger partial charge in [0.05, 0.1) is 33.2 Å². The van der Waals surface area contributed by atoms with Crippen molar-refractivity contribution in [3.8, 4) is 0 Å². The fourth-order valence-electron chi connectivity index (χ4n) is 6.03. The molecule has 0 saturated heterocycles. The van der Waals surface area contributed by atoms with E-state index >= 15 is 0 Å². The Morgan fingerprint density at radius 1 is 0.606 bits per heavy atom. The van der Waals surface area contributed by atoms with Crippen LogP contribution in [0.4, 0.5) is 11.4 Å². The fraction of sp³-hybridized carbons (Fsp3) is 0.586. The molecule has 1 aliphatic rings. The van der Waals surface area contributed by atoms with Crippen LogP contribution in [0.25, 0.3) is 5.32 Å². The zero-order valence-electron chi connectivity index (χ0n) is 22.9.